The molecule has 3 rings (SSSR count). The number of likely N-dealkylation sites (tertiary alicyclic amines) is 1. The molecule has 0 saturated carbocycles. The van der Waals surface area contributed by atoms with Crippen molar-refractivity contribution < 1.29 is 13.9 Å². The molecule has 0 aliphatic carbocycles. The van der Waals surface area contributed by atoms with Gasteiger partial charge in [-0.15, -0.1) is 0 Å². The Kier molecular flexibility index (Phi) is 3.74. The van der Waals surface area contributed by atoms with E-state index in [4.69, 9.17) is 0 Å². The van der Waals surface area contributed by atoms with Crippen LogP contribution in [0.25, 0.3) is 0 Å². The van der Waals surface area contributed by atoms with Crippen LogP contribution in [0.3, 0.4) is 0 Å². The van der Waals surface area contributed by atoms with Gasteiger partial charge in [-0.2, -0.15) is 0 Å². The third-order valence-corrected chi connectivity index (χ3v) is 4.01. The monoisotopic (exact) mass is 289 g/mol. The first-order chi connectivity index (χ1) is 10.1. The molecule has 1 fully saturated rings. The average molecular weight is 289 g/mol. The second-order valence-electron chi connectivity index (χ2n) is 5.60. The van der Waals surface area contributed by atoms with Gasteiger partial charge in [0.1, 0.15) is 17.2 Å². The zero-order valence-corrected chi connectivity index (χ0v) is 11.6. The Morgan fingerprint density at radius 2 is 1.86 bits per heavy atom. The fourth-order valence-electron chi connectivity index (χ4n) is 2.93. The van der Waals surface area contributed by atoms with Crippen LogP contribution in [-0.4, -0.2) is 23.1 Å². The molecule has 0 aromatic heterocycles. The van der Waals surface area contributed by atoms with Crippen molar-refractivity contribution in [3.63, 3.8) is 0 Å². The Morgan fingerprint density at radius 1 is 1.10 bits per heavy atom. The maximum Gasteiger partial charge on any atom is 0.132 e. The molecule has 4 heteroatoms. The van der Waals surface area contributed by atoms with Crippen LogP contribution in [0.15, 0.2) is 48.5 Å². The highest BCUT2D eigenvalue weighted by Gasteiger charge is 2.39. The van der Waals surface area contributed by atoms with Crippen LogP contribution < -0.4 is 0 Å². The first kappa shape index (κ1) is 14.2. The van der Waals surface area contributed by atoms with Crippen LogP contribution in [0.5, 0.6) is 0 Å². The third-order valence-electron chi connectivity index (χ3n) is 4.01. The molecule has 1 saturated heterocycles. The number of aliphatic hydroxyl groups is 1. The van der Waals surface area contributed by atoms with Gasteiger partial charge in [0.15, 0.2) is 0 Å². The largest absolute Gasteiger partial charge is 0.384 e. The van der Waals surface area contributed by atoms with Crippen molar-refractivity contribution in [1.82, 2.24) is 4.90 Å². The molecule has 1 heterocycles. The minimum Gasteiger partial charge on any atom is -0.384 e. The molecule has 2 nitrogen and oxygen atoms in total. The molecule has 2 aromatic carbocycles. The van der Waals surface area contributed by atoms with E-state index in [-0.39, 0.29) is 5.56 Å². The Hall–Kier alpha value is -1.78. The molecular weight excluding hydrogens is 272 g/mol. The van der Waals surface area contributed by atoms with Crippen LogP contribution in [0.2, 0.25) is 0 Å². The molecule has 2 aromatic rings. The minimum atomic E-state index is -1.24. The SMILES string of the molecule is OC1(c2ccc(F)cc2F)CCN(Cc2ccccc2)C1. The summed E-state index contributed by atoms with van der Waals surface area (Å²) in [4.78, 5) is 2.08. The van der Waals surface area contributed by atoms with Gasteiger partial charge in [0.2, 0.25) is 0 Å². The average Bonchev–Trinajstić information content (AvgIpc) is 2.82. The van der Waals surface area contributed by atoms with E-state index >= 15 is 0 Å². The van der Waals surface area contributed by atoms with E-state index < -0.39 is 17.2 Å². The first-order valence-corrected chi connectivity index (χ1v) is 7.01. The summed E-state index contributed by atoms with van der Waals surface area (Å²) in [5.74, 6) is -1.31. The number of hydrogen-bond donors (Lipinski definition) is 1. The van der Waals surface area contributed by atoms with E-state index in [1.54, 1.807) is 0 Å². The molecule has 1 unspecified atom stereocenters. The van der Waals surface area contributed by atoms with Gasteiger partial charge in [0.25, 0.3) is 0 Å². The topological polar surface area (TPSA) is 23.5 Å². The molecule has 110 valence electrons. The normalized spacial score (nSPS) is 22.6. The van der Waals surface area contributed by atoms with Gasteiger partial charge in [-0.05, 0) is 18.1 Å². The van der Waals surface area contributed by atoms with Crippen molar-refractivity contribution in [3.8, 4) is 0 Å². The van der Waals surface area contributed by atoms with E-state index in [1.807, 2.05) is 30.3 Å². The lowest BCUT2D eigenvalue weighted by molar-refractivity contribution is 0.0416. The zero-order valence-electron chi connectivity index (χ0n) is 11.6. The fourth-order valence-corrected chi connectivity index (χ4v) is 2.93. The summed E-state index contributed by atoms with van der Waals surface area (Å²) in [7, 11) is 0. The number of β-amino-alcohol motifs (C(OH)–C–C–N with tert-alkyl or cyclic N) is 1. The number of benzene rings is 2. The van der Waals surface area contributed by atoms with Gasteiger partial charge >= 0.3 is 0 Å². The van der Waals surface area contributed by atoms with Crippen molar-refractivity contribution >= 4 is 0 Å². The Balaban J connectivity index is 1.76. The summed E-state index contributed by atoms with van der Waals surface area (Å²) < 4.78 is 26.9. The molecule has 0 spiro atoms. The van der Waals surface area contributed by atoms with E-state index in [2.05, 4.69) is 4.90 Å². The van der Waals surface area contributed by atoms with Gasteiger partial charge in [0.05, 0.1) is 0 Å². The van der Waals surface area contributed by atoms with Gasteiger partial charge in [-0.1, -0.05) is 36.4 Å². The lowest BCUT2D eigenvalue weighted by atomic mass is 9.92. The Labute approximate surface area is 122 Å². The van der Waals surface area contributed by atoms with Crippen molar-refractivity contribution in [1.29, 1.82) is 0 Å². The zero-order chi connectivity index (χ0) is 14.9. The molecule has 21 heavy (non-hydrogen) atoms. The predicted molar refractivity (Wildman–Crippen MR) is 76.6 cm³/mol. The van der Waals surface area contributed by atoms with Crippen LogP contribution in [-0.2, 0) is 12.1 Å². The Morgan fingerprint density at radius 3 is 2.57 bits per heavy atom. The lowest BCUT2D eigenvalue weighted by Gasteiger charge is -2.24. The Bertz CT molecular complexity index is 632. The molecule has 1 atom stereocenters. The molecule has 1 N–H and O–H groups in total. The highest BCUT2D eigenvalue weighted by Crippen LogP contribution is 2.34. The van der Waals surface area contributed by atoms with Crippen LogP contribution >= 0.6 is 0 Å². The summed E-state index contributed by atoms with van der Waals surface area (Å²) >= 11 is 0. The molecule has 0 bridgehead atoms. The maximum atomic E-state index is 13.9. The second-order valence-corrected chi connectivity index (χ2v) is 5.60. The molecule has 1 aliphatic rings. The lowest BCUT2D eigenvalue weighted by Crippen LogP contribution is -2.31. The molecule has 1 aliphatic heterocycles. The van der Waals surface area contributed by atoms with Gasteiger partial charge in [-0.3, -0.25) is 4.90 Å². The summed E-state index contributed by atoms with van der Waals surface area (Å²) in [5.41, 5.74) is 0.0906. The number of nitrogens with zero attached hydrogens (tertiary/aromatic N) is 1. The third kappa shape index (κ3) is 2.96. The minimum absolute atomic E-state index is 0.180. The first-order valence-electron chi connectivity index (χ1n) is 7.01. The predicted octanol–water partition coefficient (Wildman–Crippen LogP) is 3.06. The fraction of sp³-hybridized carbons (Fsp3) is 0.294. The molecular formula is C17H17F2NO. The number of rotatable bonds is 3. The van der Waals surface area contributed by atoms with Crippen LogP contribution in [0.1, 0.15) is 17.5 Å². The number of halogens is 2. The van der Waals surface area contributed by atoms with Gasteiger partial charge in [0, 0.05) is 31.3 Å². The van der Waals surface area contributed by atoms with Crippen LogP contribution in [0, 0.1) is 11.6 Å². The maximum absolute atomic E-state index is 13.9. The standard InChI is InChI=1S/C17H17F2NO/c18-14-6-7-15(16(19)10-14)17(21)8-9-20(12-17)11-13-4-2-1-3-5-13/h1-7,10,21H,8-9,11-12H2. The summed E-state index contributed by atoms with van der Waals surface area (Å²) in [6.45, 7) is 1.75. The highest BCUT2D eigenvalue weighted by molar-refractivity contribution is 5.27. The van der Waals surface area contributed by atoms with Crippen molar-refractivity contribution in [3.05, 3.63) is 71.3 Å². The smallest absolute Gasteiger partial charge is 0.132 e. The van der Waals surface area contributed by atoms with Gasteiger partial charge in [-0.25, -0.2) is 8.78 Å². The molecule has 0 amide bonds. The van der Waals surface area contributed by atoms with Crippen LogP contribution in [0.4, 0.5) is 8.78 Å². The summed E-state index contributed by atoms with van der Waals surface area (Å²) in [5, 5.41) is 10.7. The van der Waals surface area contributed by atoms with E-state index in [0.717, 1.165) is 11.6 Å². The van der Waals surface area contributed by atoms with Crippen molar-refractivity contribution in [2.24, 2.45) is 0 Å². The van der Waals surface area contributed by atoms with Crippen molar-refractivity contribution in [2.75, 3.05) is 13.1 Å². The quantitative estimate of drug-likeness (QED) is 0.938. The summed E-state index contributed by atoms with van der Waals surface area (Å²) in [6, 6.07) is 13.3. The van der Waals surface area contributed by atoms with Crippen molar-refractivity contribution in [2.45, 2.75) is 18.6 Å². The summed E-state index contributed by atoms with van der Waals surface area (Å²) in [6.07, 6.45) is 0.447. The second kappa shape index (κ2) is 5.54. The molecule has 0 radical (unpaired) electrons. The van der Waals surface area contributed by atoms with E-state index in [9.17, 15) is 13.9 Å². The van der Waals surface area contributed by atoms with E-state index in [1.165, 1.54) is 12.1 Å². The van der Waals surface area contributed by atoms with Gasteiger partial charge < -0.3 is 5.11 Å². The highest BCUT2D eigenvalue weighted by atomic mass is 19.1. The number of hydrogen-bond acceptors (Lipinski definition) is 2. The van der Waals surface area contributed by atoms with E-state index in [0.29, 0.717) is 26.1 Å².